The van der Waals surface area contributed by atoms with E-state index >= 15 is 0 Å². The molecule has 1 aliphatic carbocycles. The molecule has 1 unspecified atom stereocenters. The molecule has 1 atom stereocenters. The quantitative estimate of drug-likeness (QED) is 0.755. The largest absolute Gasteiger partial charge is 0.383 e. The van der Waals surface area contributed by atoms with Gasteiger partial charge in [-0.1, -0.05) is 6.07 Å². The lowest BCUT2D eigenvalue weighted by molar-refractivity contribution is 0.0951. The summed E-state index contributed by atoms with van der Waals surface area (Å²) in [7, 11) is 0. The van der Waals surface area contributed by atoms with Crippen molar-refractivity contribution in [2.75, 3.05) is 18.4 Å². The van der Waals surface area contributed by atoms with Gasteiger partial charge >= 0.3 is 0 Å². The Bertz CT molecular complexity index is 450. The van der Waals surface area contributed by atoms with Crippen molar-refractivity contribution in [3.05, 3.63) is 29.8 Å². The van der Waals surface area contributed by atoms with Crippen LogP contribution in [0.1, 0.15) is 36.0 Å². The van der Waals surface area contributed by atoms with E-state index < -0.39 is 0 Å². The maximum atomic E-state index is 12.0. The third kappa shape index (κ3) is 3.47. The molecule has 2 fully saturated rings. The number of benzene rings is 1. The van der Waals surface area contributed by atoms with Crippen molar-refractivity contribution in [3.8, 4) is 0 Å². The molecular weight excluding hydrogens is 238 g/mol. The van der Waals surface area contributed by atoms with Crippen LogP contribution in [0.15, 0.2) is 24.3 Å². The molecule has 102 valence electrons. The van der Waals surface area contributed by atoms with E-state index in [1.807, 2.05) is 24.3 Å². The van der Waals surface area contributed by atoms with Crippen molar-refractivity contribution in [2.24, 2.45) is 0 Å². The standard InChI is InChI=1S/C15H21N3O/c19-15(18-12-6-7-12)11-3-1-4-13(9-11)17-10-14-5-2-8-16-14/h1,3-4,9,12,14,16-17H,2,5-8,10H2,(H,18,19). The Morgan fingerprint density at radius 1 is 1.32 bits per heavy atom. The number of hydrogen-bond acceptors (Lipinski definition) is 3. The summed E-state index contributed by atoms with van der Waals surface area (Å²) in [5, 5.41) is 9.88. The molecule has 1 saturated carbocycles. The lowest BCUT2D eigenvalue weighted by Gasteiger charge is -2.13. The van der Waals surface area contributed by atoms with Crippen LogP contribution < -0.4 is 16.0 Å². The minimum Gasteiger partial charge on any atom is -0.383 e. The molecule has 2 aliphatic rings. The van der Waals surface area contributed by atoms with Crippen molar-refractivity contribution in [2.45, 2.75) is 37.8 Å². The first-order valence-electron chi connectivity index (χ1n) is 7.19. The van der Waals surface area contributed by atoms with Crippen LogP contribution in [0.5, 0.6) is 0 Å². The predicted octanol–water partition coefficient (Wildman–Crippen LogP) is 1.74. The van der Waals surface area contributed by atoms with Gasteiger partial charge in [-0.3, -0.25) is 4.79 Å². The Kier molecular flexibility index (Phi) is 3.69. The number of rotatable bonds is 5. The van der Waals surface area contributed by atoms with Crippen molar-refractivity contribution in [3.63, 3.8) is 0 Å². The summed E-state index contributed by atoms with van der Waals surface area (Å²) in [4.78, 5) is 12.0. The van der Waals surface area contributed by atoms with Crippen LogP contribution in [0.3, 0.4) is 0 Å². The van der Waals surface area contributed by atoms with Gasteiger partial charge < -0.3 is 16.0 Å². The normalized spacial score (nSPS) is 22.2. The highest BCUT2D eigenvalue weighted by atomic mass is 16.1. The second-order valence-corrected chi connectivity index (χ2v) is 5.50. The maximum Gasteiger partial charge on any atom is 0.251 e. The van der Waals surface area contributed by atoms with E-state index in [-0.39, 0.29) is 5.91 Å². The highest BCUT2D eigenvalue weighted by Crippen LogP contribution is 2.20. The lowest BCUT2D eigenvalue weighted by atomic mass is 10.1. The zero-order valence-electron chi connectivity index (χ0n) is 11.1. The Balaban J connectivity index is 1.56. The fourth-order valence-electron chi connectivity index (χ4n) is 2.44. The molecule has 1 heterocycles. The topological polar surface area (TPSA) is 53.2 Å². The van der Waals surface area contributed by atoms with Crippen LogP contribution >= 0.6 is 0 Å². The van der Waals surface area contributed by atoms with Gasteiger partial charge in [-0.05, 0) is 50.4 Å². The fourth-order valence-corrected chi connectivity index (χ4v) is 2.44. The van der Waals surface area contributed by atoms with Gasteiger partial charge in [0.15, 0.2) is 0 Å². The summed E-state index contributed by atoms with van der Waals surface area (Å²) in [6, 6.07) is 8.73. The van der Waals surface area contributed by atoms with Gasteiger partial charge in [0.2, 0.25) is 0 Å². The molecule has 0 aromatic heterocycles. The van der Waals surface area contributed by atoms with E-state index in [1.165, 1.54) is 12.8 Å². The number of carbonyl (C=O) groups excluding carboxylic acids is 1. The second-order valence-electron chi connectivity index (χ2n) is 5.50. The van der Waals surface area contributed by atoms with Gasteiger partial charge in [-0.2, -0.15) is 0 Å². The van der Waals surface area contributed by atoms with Crippen molar-refractivity contribution in [1.29, 1.82) is 0 Å². The van der Waals surface area contributed by atoms with E-state index in [4.69, 9.17) is 0 Å². The lowest BCUT2D eigenvalue weighted by Crippen LogP contribution is -2.29. The first kappa shape index (κ1) is 12.5. The van der Waals surface area contributed by atoms with Gasteiger partial charge in [0, 0.05) is 29.9 Å². The highest BCUT2D eigenvalue weighted by molar-refractivity contribution is 5.95. The van der Waals surface area contributed by atoms with Crippen molar-refractivity contribution >= 4 is 11.6 Å². The maximum absolute atomic E-state index is 12.0. The highest BCUT2D eigenvalue weighted by Gasteiger charge is 2.23. The van der Waals surface area contributed by atoms with Crippen LogP contribution in [0.2, 0.25) is 0 Å². The van der Waals surface area contributed by atoms with Crippen molar-refractivity contribution in [1.82, 2.24) is 10.6 Å². The number of hydrogen-bond donors (Lipinski definition) is 3. The monoisotopic (exact) mass is 259 g/mol. The molecule has 19 heavy (non-hydrogen) atoms. The molecule has 1 aliphatic heterocycles. The van der Waals surface area contributed by atoms with Gasteiger partial charge in [-0.25, -0.2) is 0 Å². The average molecular weight is 259 g/mol. The Morgan fingerprint density at radius 3 is 2.95 bits per heavy atom. The molecular formula is C15H21N3O. The molecule has 4 nitrogen and oxygen atoms in total. The van der Waals surface area contributed by atoms with E-state index in [0.717, 1.165) is 37.2 Å². The summed E-state index contributed by atoms with van der Waals surface area (Å²) in [5.41, 5.74) is 1.77. The third-order valence-electron chi connectivity index (χ3n) is 3.75. The zero-order valence-corrected chi connectivity index (χ0v) is 11.1. The van der Waals surface area contributed by atoms with Crippen molar-refractivity contribution < 1.29 is 4.79 Å². The minimum absolute atomic E-state index is 0.0464. The molecule has 1 aromatic rings. The van der Waals surface area contributed by atoms with Crippen LogP contribution in [-0.2, 0) is 0 Å². The van der Waals surface area contributed by atoms with Gasteiger partial charge in [-0.15, -0.1) is 0 Å². The van der Waals surface area contributed by atoms with E-state index in [1.54, 1.807) is 0 Å². The van der Waals surface area contributed by atoms with Crippen LogP contribution in [0, 0.1) is 0 Å². The van der Waals surface area contributed by atoms with E-state index in [9.17, 15) is 4.79 Å². The average Bonchev–Trinajstić information content (AvgIpc) is 3.09. The van der Waals surface area contributed by atoms with Gasteiger partial charge in [0.25, 0.3) is 5.91 Å². The Hall–Kier alpha value is -1.55. The molecule has 4 heteroatoms. The van der Waals surface area contributed by atoms with Crippen LogP contribution in [0.4, 0.5) is 5.69 Å². The number of carbonyl (C=O) groups is 1. The second kappa shape index (κ2) is 5.61. The summed E-state index contributed by atoms with van der Waals surface area (Å²) in [6.45, 7) is 2.05. The Morgan fingerprint density at radius 2 is 2.21 bits per heavy atom. The Labute approximate surface area is 114 Å². The summed E-state index contributed by atoms with van der Waals surface area (Å²) < 4.78 is 0. The first-order chi connectivity index (χ1) is 9.31. The number of nitrogens with one attached hydrogen (secondary N) is 3. The third-order valence-corrected chi connectivity index (χ3v) is 3.75. The first-order valence-corrected chi connectivity index (χ1v) is 7.19. The van der Waals surface area contributed by atoms with Crippen LogP contribution in [-0.4, -0.2) is 31.1 Å². The molecule has 3 rings (SSSR count). The SMILES string of the molecule is O=C(NC1CC1)c1cccc(NCC2CCCN2)c1. The van der Waals surface area contributed by atoms with Gasteiger partial charge in [0.05, 0.1) is 0 Å². The summed E-state index contributed by atoms with van der Waals surface area (Å²) >= 11 is 0. The van der Waals surface area contributed by atoms with Gasteiger partial charge in [0.1, 0.15) is 0 Å². The molecule has 3 N–H and O–H groups in total. The van der Waals surface area contributed by atoms with E-state index in [2.05, 4.69) is 16.0 Å². The zero-order chi connectivity index (χ0) is 13.1. The van der Waals surface area contributed by atoms with E-state index in [0.29, 0.717) is 12.1 Å². The number of amides is 1. The summed E-state index contributed by atoms with van der Waals surface area (Å²) in [6.07, 6.45) is 4.74. The molecule has 1 aromatic carbocycles. The molecule has 0 radical (unpaired) electrons. The molecule has 0 bridgehead atoms. The summed E-state index contributed by atoms with van der Waals surface area (Å²) in [5.74, 6) is 0.0464. The molecule has 1 saturated heterocycles. The molecule has 1 amide bonds. The van der Waals surface area contributed by atoms with Crippen LogP contribution in [0.25, 0.3) is 0 Å². The predicted molar refractivity (Wildman–Crippen MR) is 76.4 cm³/mol. The number of anilines is 1. The smallest absolute Gasteiger partial charge is 0.251 e. The fraction of sp³-hybridized carbons (Fsp3) is 0.533. The minimum atomic E-state index is 0.0464. The molecule has 0 spiro atoms.